The van der Waals surface area contributed by atoms with Crippen LogP contribution in [0.2, 0.25) is 0 Å². The van der Waals surface area contributed by atoms with Crippen molar-refractivity contribution in [3.63, 3.8) is 0 Å². The van der Waals surface area contributed by atoms with Gasteiger partial charge >= 0.3 is 0 Å². The van der Waals surface area contributed by atoms with Crippen LogP contribution in [0.3, 0.4) is 0 Å². The van der Waals surface area contributed by atoms with Gasteiger partial charge in [0.1, 0.15) is 0 Å². The molecule has 3 heterocycles. The summed E-state index contributed by atoms with van der Waals surface area (Å²) >= 11 is 0. The van der Waals surface area contributed by atoms with E-state index in [1.807, 2.05) is 30.5 Å². The Morgan fingerprint density at radius 2 is 1.96 bits per heavy atom. The summed E-state index contributed by atoms with van der Waals surface area (Å²) in [6.45, 7) is 0.734. The van der Waals surface area contributed by atoms with Crippen molar-refractivity contribution in [2.45, 2.75) is 6.42 Å². The highest BCUT2D eigenvalue weighted by Crippen LogP contribution is 2.18. The number of nitrogens with zero attached hydrogens (tertiary/aromatic N) is 5. The van der Waals surface area contributed by atoms with Crippen molar-refractivity contribution in [1.29, 1.82) is 0 Å². The second-order valence-electron chi connectivity index (χ2n) is 5.02. The zero-order chi connectivity index (χ0) is 15.5. The van der Waals surface area contributed by atoms with E-state index in [1.54, 1.807) is 29.3 Å². The summed E-state index contributed by atoms with van der Waals surface area (Å²) in [6.07, 6.45) is 7.75. The topological polar surface area (TPSA) is 81.7 Å². The SMILES string of the molecule is c1cnc(-n2cc(NCCc3noc4ccccc34)cn2)nc1. The predicted molar refractivity (Wildman–Crippen MR) is 85.4 cm³/mol. The van der Waals surface area contributed by atoms with Gasteiger partial charge < -0.3 is 9.84 Å². The molecule has 1 N–H and O–H groups in total. The maximum absolute atomic E-state index is 5.30. The van der Waals surface area contributed by atoms with E-state index in [4.69, 9.17) is 4.52 Å². The third-order valence-electron chi connectivity index (χ3n) is 3.48. The van der Waals surface area contributed by atoms with Crippen LogP contribution in [-0.2, 0) is 6.42 Å². The fourth-order valence-electron chi connectivity index (χ4n) is 2.38. The Labute approximate surface area is 132 Å². The summed E-state index contributed by atoms with van der Waals surface area (Å²) in [4.78, 5) is 8.31. The molecule has 3 aromatic heterocycles. The Morgan fingerprint density at radius 3 is 2.87 bits per heavy atom. The van der Waals surface area contributed by atoms with E-state index < -0.39 is 0 Å². The first-order valence-corrected chi connectivity index (χ1v) is 7.29. The van der Waals surface area contributed by atoms with E-state index in [1.165, 1.54) is 0 Å². The van der Waals surface area contributed by atoms with E-state index in [-0.39, 0.29) is 0 Å². The van der Waals surface area contributed by atoms with Gasteiger partial charge in [-0.05, 0) is 18.2 Å². The summed E-state index contributed by atoms with van der Waals surface area (Å²) in [5, 5.41) is 12.7. The number of rotatable bonds is 5. The summed E-state index contributed by atoms with van der Waals surface area (Å²) in [5.74, 6) is 0.544. The van der Waals surface area contributed by atoms with Crippen molar-refractivity contribution in [2.75, 3.05) is 11.9 Å². The minimum Gasteiger partial charge on any atom is -0.382 e. The summed E-state index contributed by atoms with van der Waals surface area (Å²) in [6, 6.07) is 9.64. The number of aromatic nitrogens is 5. The average Bonchev–Trinajstić information content (AvgIpc) is 3.23. The lowest BCUT2D eigenvalue weighted by Gasteiger charge is -2.01. The number of nitrogens with one attached hydrogen (secondary N) is 1. The highest BCUT2D eigenvalue weighted by Gasteiger charge is 2.07. The molecule has 7 nitrogen and oxygen atoms in total. The number of hydrogen-bond acceptors (Lipinski definition) is 6. The van der Waals surface area contributed by atoms with Crippen LogP contribution in [0.5, 0.6) is 0 Å². The van der Waals surface area contributed by atoms with Crippen LogP contribution in [0.4, 0.5) is 5.69 Å². The third-order valence-corrected chi connectivity index (χ3v) is 3.48. The monoisotopic (exact) mass is 306 g/mol. The Hall–Kier alpha value is -3.22. The van der Waals surface area contributed by atoms with Crippen molar-refractivity contribution in [1.82, 2.24) is 24.9 Å². The van der Waals surface area contributed by atoms with Gasteiger partial charge in [0.15, 0.2) is 5.58 Å². The second kappa shape index (κ2) is 5.88. The molecule has 23 heavy (non-hydrogen) atoms. The van der Waals surface area contributed by atoms with Gasteiger partial charge in [-0.3, -0.25) is 0 Å². The maximum Gasteiger partial charge on any atom is 0.250 e. The van der Waals surface area contributed by atoms with Crippen molar-refractivity contribution in [3.8, 4) is 5.95 Å². The van der Waals surface area contributed by atoms with E-state index in [0.29, 0.717) is 5.95 Å². The lowest BCUT2D eigenvalue weighted by Crippen LogP contribution is -2.05. The molecule has 0 saturated heterocycles. The first kappa shape index (κ1) is 13.4. The second-order valence-corrected chi connectivity index (χ2v) is 5.02. The molecule has 0 unspecified atom stereocenters. The van der Waals surface area contributed by atoms with Crippen LogP contribution < -0.4 is 5.32 Å². The van der Waals surface area contributed by atoms with Gasteiger partial charge in [0, 0.05) is 30.7 Å². The Kier molecular flexibility index (Phi) is 3.44. The van der Waals surface area contributed by atoms with Crippen LogP contribution in [0.1, 0.15) is 5.69 Å². The Bertz CT molecular complexity index is 914. The zero-order valence-electron chi connectivity index (χ0n) is 12.3. The molecule has 0 aliphatic carbocycles. The van der Waals surface area contributed by atoms with Crippen molar-refractivity contribution >= 4 is 16.7 Å². The first-order chi connectivity index (χ1) is 11.4. The number of anilines is 1. The normalized spacial score (nSPS) is 11.0. The fourth-order valence-corrected chi connectivity index (χ4v) is 2.38. The van der Waals surface area contributed by atoms with Crippen LogP contribution in [-0.4, -0.2) is 31.4 Å². The minimum atomic E-state index is 0.544. The van der Waals surface area contributed by atoms with E-state index in [9.17, 15) is 0 Å². The molecule has 0 bridgehead atoms. The number of fused-ring (bicyclic) bond motifs is 1. The number of benzene rings is 1. The van der Waals surface area contributed by atoms with Crippen LogP contribution in [0.25, 0.3) is 16.9 Å². The van der Waals surface area contributed by atoms with Gasteiger partial charge in [0.2, 0.25) is 5.95 Å². The van der Waals surface area contributed by atoms with Gasteiger partial charge in [0.25, 0.3) is 0 Å². The molecule has 0 aliphatic rings. The molecule has 0 saturated carbocycles. The van der Waals surface area contributed by atoms with Crippen molar-refractivity contribution in [2.24, 2.45) is 0 Å². The lowest BCUT2D eigenvalue weighted by molar-refractivity contribution is 0.446. The molecule has 4 rings (SSSR count). The predicted octanol–water partition coefficient (Wildman–Crippen LogP) is 2.46. The molecule has 4 aromatic rings. The summed E-state index contributed by atoms with van der Waals surface area (Å²) in [5.41, 5.74) is 2.67. The molecule has 7 heteroatoms. The van der Waals surface area contributed by atoms with Gasteiger partial charge in [0.05, 0.1) is 23.8 Å². The molecular formula is C16H14N6O. The molecule has 0 aliphatic heterocycles. The molecule has 1 aromatic carbocycles. The van der Waals surface area contributed by atoms with Crippen LogP contribution in [0.15, 0.2) is 59.6 Å². The van der Waals surface area contributed by atoms with Crippen molar-refractivity contribution < 1.29 is 4.52 Å². The van der Waals surface area contributed by atoms with Crippen LogP contribution in [0, 0.1) is 0 Å². The quantitative estimate of drug-likeness (QED) is 0.610. The number of para-hydroxylation sites is 1. The fraction of sp³-hybridized carbons (Fsp3) is 0.125. The van der Waals surface area contributed by atoms with Crippen LogP contribution >= 0.6 is 0 Å². The zero-order valence-corrected chi connectivity index (χ0v) is 12.3. The van der Waals surface area contributed by atoms with Gasteiger partial charge in [-0.2, -0.15) is 5.10 Å². The average molecular weight is 306 g/mol. The number of hydrogen-bond donors (Lipinski definition) is 1. The van der Waals surface area contributed by atoms with E-state index in [0.717, 1.165) is 35.3 Å². The molecule has 0 radical (unpaired) electrons. The van der Waals surface area contributed by atoms with Gasteiger partial charge in [-0.1, -0.05) is 17.3 Å². The molecule has 0 fully saturated rings. The Balaban J connectivity index is 1.41. The molecule has 0 atom stereocenters. The van der Waals surface area contributed by atoms with E-state index in [2.05, 4.69) is 25.5 Å². The maximum atomic E-state index is 5.30. The third kappa shape index (κ3) is 2.76. The summed E-state index contributed by atoms with van der Waals surface area (Å²) < 4.78 is 6.94. The van der Waals surface area contributed by atoms with E-state index >= 15 is 0 Å². The minimum absolute atomic E-state index is 0.544. The highest BCUT2D eigenvalue weighted by molar-refractivity contribution is 5.79. The molecule has 0 spiro atoms. The highest BCUT2D eigenvalue weighted by atomic mass is 16.5. The largest absolute Gasteiger partial charge is 0.382 e. The van der Waals surface area contributed by atoms with Gasteiger partial charge in [-0.25, -0.2) is 14.6 Å². The standard InChI is InChI=1S/C16H14N6O/c1-2-5-15-13(4-1)14(21-23-15)6-9-17-12-10-20-22(11-12)16-18-7-3-8-19-16/h1-5,7-8,10-11,17H,6,9H2. The molecular weight excluding hydrogens is 292 g/mol. The first-order valence-electron chi connectivity index (χ1n) is 7.29. The Morgan fingerprint density at radius 1 is 1.09 bits per heavy atom. The lowest BCUT2D eigenvalue weighted by atomic mass is 10.2. The van der Waals surface area contributed by atoms with Gasteiger partial charge in [-0.15, -0.1) is 0 Å². The van der Waals surface area contributed by atoms with Crippen molar-refractivity contribution in [3.05, 3.63) is 60.8 Å². The smallest absolute Gasteiger partial charge is 0.250 e. The summed E-state index contributed by atoms with van der Waals surface area (Å²) in [7, 11) is 0. The molecule has 114 valence electrons. The molecule has 0 amide bonds.